The highest BCUT2D eigenvalue weighted by molar-refractivity contribution is 9.10. The first-order valence-corrected chi connectivity index (χ1v) is 7.49. The van der Waals surface area contributed by atoms with Crippen molar-refractivity contribution in [3.8, 4) is 5.69 Å². The van der Waals surface area contributed by atoms with Crippen molar-refractivity contribution >= 4 is 15.9 Å². The van der Waals surface area contributed by atoms with Crippen molar-refractivity contribution in [1.82, 2.24) is 9.78 Å². The van der Waals surface area contributed by atoms with Gasteiger partial charge < -0.3 is 5.73 Å². The lowest BCUT2D eigenvalue weighted by molar-refractivity contribution is 0.785. The van der Waals surface area contributed by atoms with Crippen LogP contribution in [0.1, 0.15) is 43.8 Å². The van der Waals surface area contributed by atoms with E-state index in [2.05, 4.69) is 59.1 Å². The summed E-state index contributed by atoms with van der Waals surface area (Å²) >= 11 is 3.59. The summed E-state index contributed by atoms with van der Waals surface area (Å²) in [6.45, 7) is 6.26. The van der Waals surface area contributed by atoms with Crippen LogP contribution in [0.15, 0.2) is 28.7 Å². The Bertz CT molecular complexity index is 573. The van der Waals surface area contributed by atoms with Crippen molar-refractivity contribution in [2.45, 2.75) is 39.7 Å². The minimum atomic E-state index is 0.0258. The molecule has 0 fully saturated rings. The van der Waals surface area contributed by atoms with Crippen LogP contribution in [-0.4, -0.2) is 9.78 Å². The molecule has 3 nitrogen and oxygen atoms in total. The van der Waals surface area contributed by atoms with Crippen LogP contribution in [0.2, 0.25) is 0 Å². The number of rotatable bonds is 4. The Hall–Kier alpha value is -1.13. The SMILES string of the molecule is CCc1cc(CC)n(-c2ccc([C@H](C)N)c(Br)c2)n1. The Morgan fingerprint density at radius 2 is 2.00 bits per heavy atom. The number of hydrogen-bond donors (Lipinski definition) is 1. The lowest BCUT2D eigenvalue weighted by atomic mass is 10.1. The summed E-state index contributed by atoms with van der Waals surface area (Å²) in [5, 5.41) is 4.65. The lowest BCUT2D eigenvalue weighted by Gasteiger charge is -2.12. The smallest absolute Gasteiger partial charge is 0.0660 e. The average molecular weight is 322 g/mol. The highest BCUT2D eigenvalue weighted by Gasteiger charge is 2.10. The van der Waals surface area contributed by atoms with Crippen LogP contribution in [0, 0.1) is 0 Å². The molecular formula is C15H20BrN3. The number of hydrogen-bond acceptors (Lipinski definition) is 2. The number of halogens is 1. The van der Waals surface area contributed by atoms with Gasteiger partial charge in [0.15, 0.2) is 0 Å². The molecule has 19 heavy (non-hydrogen) atoms. The van der Waals surface area contributed by atoms with Crippen LogP contribution in [0.25, 0.3) is 5.69 Å². The van der Waals surface area contributed by atoms with Crippen molar-refractivity contribution in [3.63, 3.8) is 0 Å². The molecule has 0 aliphatic rings. The molecule has 1 aromatic heterocycles. The summed E-state index contributed by atoms with van der Waals surface area (Å²) in [5.74, 6) is 0. The molecular weight excluding hydrogens is 302 g/mol. The van der Waals surface area contributed by atoms with Crippen LogP contribution in [0.5, 0.6) is 0 Å². The lowest BCUT2D eigenvalue weighted by Crippen LogP contribution is -2.07. The van der Waals surface area contributed by atoms with Gasteiger partial charge in [0.25, 0.3) is 0 Å². The first-order chi connectivity index (χ1) is 9.06. The average Bonchev–Trinajstić information content (AvgIpc) is 2.81. The first-order valence-electron chi connectivity index (χ1n) is 6.70. The molecule has 1 atom stereocenters. The van der Waals surface area contributed by atoms with E-state index < -0.39 is 0 Å². The molecule has 0 aliphatic heterocycles. The van der Waals surface area contributed by atoms with Crippen LogP contribution >= 0.6 is 15.9 Å². The van der Waals surface area contributed by atoms with Gasteiger partial charge in [-0.3, -0.25) is 0 Å². The van der Waals surface area contributed by atoms with Crippen LogP contribution in [0.3, 0.4) is 0 Å². The molecule has 0 aliphatic carbocycles. The summed E-state index contributed by atoms with van der Waals surface area (Å²) in [6.07, 6.45) is 1.93. The van der Waals surface area contributed by atoms with Crippen molar-refractivity contribution in [2.75, 3.05) is 0 Å². The molecule has 0 unspecified atom stereocenters. The summed E-state index contributed by atoms with van der Waals surface area (Å²) < 4.78 is 3.06. The number of nitrogens with two attached hydrogens (primary N) is 1. The van der Waals surface area contributed by atoms with Crippen molar-refractivity contribution in [2.24, 2.45) is 5.73 Å². The Morgan fingerprint density at radius 1 is 1.26 bits per heavy atom. The second-order valence-corrected chi connectivity index (χ2v) is 5.59. The Labute approximate surface area is 122 Å². The van der Waals surface area contributed by atoms with E-state index in [1.165, 1.54) is 5.69 Å². The maximum absolute atomic E-state index is 5.93. The minimum absolute atomic E-state index is 0.0258. The van der Waals surface area contributed by atoms with Gasteiger partial charge in [-0.2, -0.15) is 5.10 Å². The standard InChI is InChI=1S/C15H20BrN3/c1-4-11-8-12(5-2)19(18-11)13-6-7-14(10(3)17)15(16)9-13/h6-10H,4-5,17H2,1-3H3/t10-/m0/s1. The largest absolute Gasteiger partial charge is 0.324 e. The summed E-state index contributed by atoms with van der Waals surface area (Å²) in [4.78, 5) is 0. The molecule has 1 aromatic carbocycles. The van der Waals surface area contributed by atoms with Crippen LogP contribution in [0.4, 0.5) is 0 Å². The summed E-state index contributed by atoms with van der Waals surface area (Å²) in [5.41, 5.74) is 10.5. The third-order valence-electron chi connectivity index (χ3n) is 3.28. The molecule has 0 radical (unpaired) electrons. The molecule has 102 valence electrons. The van der Waals surface area contributed by atoms with E-state index in [1.807, 2.05) is 11.6 Å². The molecule has 0 spiro atoms. The highest BCUT2D eigenvalue weighted by Crippen LogP contribution is 2.25. The molecule has 4 heteroatoms. The van der Waals surface area contributed by atoms with Crippen LogP contribution < -0.4 is 5.73 Å². The topological polar surface area (TPSA) is 43.8 Å². The molecule has 0 saturated heterocycles. The molecule has 0 bridgehead atoms. The van der Waals surface area contributed by atoms with Gasteiger partial charge in [0.05, 0.1) is 11.4 Å². The van der Waals surface area contributed by atoms with Gasteiger partial charge in [-0.25, -0.2) is 4.68 Å². The molecule has 2 rings (SSSR count). The first kappa shape index (κ1) is 14.3. The maximum Gasteiger partial charge on any atom is 0.0660 e. The molecule has 2 aromatic rings. The van der Waals surface area contributed by atoms with Gasteiger partial charge in [-0.15, -0.1) is 0 Å². The van der Waals surface area contributed by atoms with E-state index in [-0.39, 0.29) is 6.04 Å². The fourth-order valence-corrected chi connectivity index (χ4v) is 2.87. The maximum atomic E-state index is 5.93. The third kappa shape index (κ3) is 2.90. The van der Waals surface area contributed by atoms with Gasteiger partial charge in [-0.05, 0) is 43.5 Å². The van der Waals surface area contributed by atoms with E-state index in [1.54, 1.807) is 0 Å². The number of aromatic nitrogens is 2. The molecule has 0 amide bonds. The zero-order chi connectivity index (χ0) is 14.0. The number of aryl methyl sites for hydroxylation is 2. The van der Waals surface area contributed by atoms with E-state index in [9.17, 15) is 0 Å². The Morgan fingerprint density at radius 3 is 2.53 bits per heavy atom. The second kappa shape index (κ2) is 5.88. The van der Waals surface area contributed by atoms with Crippen LogP contribution in [-0.2, 0) is 12.8 Å². The third-order valence-corrected chi connectivity index (χ3v) is 3.96. The fourth-order valence-electron chi connectivity index (χ4n) is 2.14. The predicted octanol–water partition coefficient (Wildman–Crippen LogP) is 3.78. The van der Waals surface area contributed by atoms with Gasteiger partial charge in [-0.1, -0.05) is 35.8 Å². The van der Waals surface area contributed by atoms with Gasteiger partial charge >= 0.3 is 0 Å². The number of nitrogens with zero attached hydrogens (tertiary/aromatic N) is 2. The zero-order valence-corrected chi connectivity index (χ0v) is 13.2. The highest BCUT2D eigenvalue weighted by atomic mass is 79.9. The summed E-state index contributed by atoms with van der Waals surface area (Å²) in [7, 11) is 0. The second-order valence-electron chi connectivity index (χ2n) is 4.74. The van der Waals surface area contributed by atoms with Crippen molar-refractivity contribution in [1.29, 1.82) is 0 Å². The number of benzene rings is 1. The van der Waals surface area contributed by atoms with Gasteiger partial charge in [0.2, 0.25) is 0 Å². The van der Waals surface area contributed by atoms with Crippen molar-refractivity contribution < 1.29 is 0 Å². The summed E-state index contributed by atoms with van der Waals surface area (Å²) in [6, 6.07) is 8.43. The molecule has 1 heterocycles. The van der Waals surface area contributed by atoms with E-state index >= 15 is 0 Å². The van der Waals surface area contributed by atoms with Gasteiger partial charge in [0, 0.05) is 16.2 Å². The van der Waals surface area contributed by atoms with E-state index in [0.29, 0.717) is 0 Å². The predicted molar refractivity (Wildman–Crippen MR) is 82.6 cm³/mol. The zero-order valence-electron chi connectivity index (χ0n) is 11.7. The minimum Gasteiger partial charge on any atom is -0.324 e. The Balaban J connectivity index is 2.47. The monoisotopic (exact) mass is 321 g/mol. The fraction of sp³-hybridized carbons (Fsp3) is 0.400. The molecule has 2 N–H and O–H groups in total. The molecule has 0 saturated carbocycles. The van der Waals surface area contributed by atoms with Gasteiger partial charge in [0.1, 0.15) is 0 Å². The quantitative estimate of drug-likeness (QED) is 0.931. The van der Waals surface area contributed by atoms with Crippen molar-refractivity contribution in [3.05, 3.63) is 45.7 Å². The van der Waals surface area contributed by atoms with E-state index in [0.717, 1.165) is 34.3 Å². The normalized spacial score (nSPS) is 12.7. The Kier molecular flexibility index (Phi) is 4.42. The van der Waals surface area contributed by atoms with E-state index in [4.69, 9.17) is 5.73 Å².